The van der Waals surface area contributed by atoms with E-state index >= 15 is 0 Å². The third-order valence-electron chi connectivity index (χ3n) is 8.44. The van der Waals surface area contributed by atoms with Crippen LogP contribution >= 0.6 is 11.8 Å². The van der Waals surface area contributed by atoms with Crippen LogP contribution in [0, 0.1) is 12.8 Å². The summed E-state index contributed by atoms with van der Waals surface area (Å²) in [4.78, 5) is 17.9. The summed E-state index contributed by atoms with van der Waals surface area (Å²) in [7, 11) is -2.32. The normalized spacial score (nSPS) is 20.1. The van der Waals surface area contributed by atoms with Crippen LogP contribution in [0.2, 0.25) is 0 Å². The van der Waals surface area contributed by atoms with E-state index in [9.17, 15) is 13.2 Å². The van der Waals surface area contributed by atoms with Gasteiger partial charge in [-0.2, -0.15) is 11.8 Å². The molecule has 1 saturated heterocycles. The van der Waals surface area contributed by atoms with Gasteiger partial charge in [0.2, 0.25) is 0 Å². The number of ether oxygens (including phenoxy) is 1. The lowest BCUT2D eigenvalue weighted by atomic mass is 9.70. The molecule has 0 bridgehead atoms. The highest BCUT2D eigenvalue weighted by Gasteiger charge is 2.59. The van der Waals surface area contributed by atoms with Crippen LogP contribution in [0.1, 0.15) is 52.9 Å². The van der Waals surface area contributed by atoms with E-state index in [1.54, 1.807) is 47.9 Å². The number of sulfonamides is 1. The molecule has 2 aliphatic heterocycles. The number of carbonyl (C=O) groups excluding carboxylic acids is 1. The second kappa shape index (κ2) is 10.2. The average Bonchev–Trinajstić information content (AvgIpc) is 3.76. The molecule has 1 unspecified atom stereocenters. The highest BCUT2D eigenvalue weighted by molar-refractivity contribution is 7.99. The number of methoxy groups -OCH3 is 1. The van der Waals surface area contributed by atoms with Crippen LogP contribution in [0.5, 0.6) is 5.75 Å². The van der Waals surface area contributed by atoms with Crippen molar-refractivity contribution in [2.75, 3.05) is 22.9 Å². The maximum absolute atomic E-state index is 14.3. The number of fused-ring (bicyclic) bond motifs is 2. The highest BCUT2D eigenvalue weighted by Crippen LogP contribution is 2.59. The predicted molar refractivity (Wildman–Crippen MR) is 154 cm³/mol. The van der Waals surface area contributed by atoms with Crippen LogP contribution in [0.4, 0.5) is 5.69 Å². The largest absolute Gasteiger partial charge is 0.497 e. The number of amides is 1. The number of pyridine rings is 1. The lowest BCUT2D eigenvalue weighted by Crippen LogP contribution is -2.50. The van der Waals surface area contributed by atoms with Gasteiger partial charge in [-0.15, -0.1) is 0 Å². The Bertz CT molecular complexity index is 1510. The zero-order valence-corrected chi connectivity index (χ0v) is 23.9. The van der Waals surface area contributed by atoms with Gasteiger partial charge in [0, 0.05) is 23.2 Å². The molecule has 1 aromatic heterocycles. The van der Waals surface area contributed by atoms with Gasteiger partial charge in [0.05, 0.1) is 36.0 Å². The molecule has 1 aliphatic carbocycles. The van der Waals surface area contributed by atoms with Crippen LogP contribution in [-0.2, 0) is 22.0 Å². The first-order valence-electron chi connectivity index (χ1n) is 13.4. The number of benzene rings is 2. The number of carbonyl (C=O) groups is 1. The summed E-state index contributed by atoms with van der Waals surface area (Å²) in [5.74, 6) is 2.60. The van der Waals surface area contributed by atoms with Gasteiger partial charge < -0.3 is 10.1 Å². The minimum atomic E-state index is -3.86. The van der Waals surface area contributed by atoms with E-state index in [0.29, 0.717) is 29.5 Å². The number of anilines is 1. The third kappa shape index (κ3) is 4.59. The van der Waals surface area contributed by atoms with Crippen molar-refractivity contribution in [2.45, 2.75) is 55.5 Å². The minimum Gasteiger partial charge on any atom is -0.497 e. The number of aryl methyl sites for hydroxylation is 1. The molecule has 2 fully saturated rings. The maximum atomic E-state index is 14.3. The Morgan fingerprint density at radius 1 is 1.13 bits per heavy atom. The zero-order valence-electron chi connectivity index (χ0n) is 22.2. The molecule has 9 heteroatoms. The van der Waals surface area contributed by atoms with Crippen molar-refractivity contribution >= 4 is 33.4 Å². The van der Waals surface area contributed by atoms with E-state index in [4.69, 9.17) is 4.74 Å². The summed E-state index contributed by atoms with van der Waals surface area (Å²) >= 11 is 1.92. The molecule has 1 spiro atoms. The fourth-order valence-electron chi connectivity index (χ4n) is 6.28. The summed E-state index contributed by atoms with van der Waals surface area (Å²) in [5, 5.41) is 3.01. The van der Waals surface area contributed by atoms with E-state index in [1.165, 1.54) is 0 Å². The maximum Gasteiger partial charge on any atom is 0.264 e. The molecule has 2 aromatic carbocycles. The Labute approximate surface area is 234 Å². The third-order valence-corrected chi connectivity index (χ3v) is 11.2. The molecule has 1 amide bonds. The van der Waals surface area contributed by atoms with Crippen molar-refractivity contribution in [1.29, 1.82) is 0 Å². The second-order valence-corrected chi connectivity index (χ2v) is 13.8. The topological polar surface area (TPSA) is 88.6 Å². The van der Waals surface area contributed by atoms with Gasteiger partial charge in [-0.05, 0) is 97.6 Å². The van der Waals surface area contributed by atoms with Crippen LogP contribution in [-0.4, -0.2) is 44.0 Å². The van der Waals surface area contributed by atoms with E-state index < -0.39 is 10.0 Å². The fraction of sp³-hybridized carbons (Fsp3) is 0.400. The number of hydrogen-bond acceptors (Lipinski definition) is 6. The molecule has 7 nitrogen and oxygen atoms in total. The van der Waals surface area contributed by atoms with Gasteiger partial charge in [0.15, 0.2) is 0 Å². The summed E-state index contributed by atoms with van der Waals surface area (Å²) in [6.07, 6.45) is 5.56. The zero-order chi connectivity index (χ0) is 27.2. The van der Waals surface area contributed by atoms with Gasteiger partial charge in [-0.3, -0.25) is 14.1 Å². The first-order valence-corrected chi connectivity index (χ1v) is 16.0. The molecule has 204 valence electrons. The van der Waals surface area contributed by atoms with Gasteiger partial charge >= 0.3 is 0 Å². The SMILES string of the molecule is COc1cccc(S(=O)(=O)N2c3ccc(C(=O)NCc4ncccc4C)cc3C3(CCSCC3)C2C2CC2)c1. The minimum absolute atomic E-state index is 0.154. The Morgan fingerprint density at radius 3 is 2.64 bits per heavy atom. The average molecular weight is 564 g/mol. The van der Waals surface area contributed by atoms with E-state index in [1.807, 2.05) is 43.0 Å². The first-order chi connectivity index (χ1) is 18.8. The quantitative estimate of drug-likeness (QED) is 0.431. The van der Waals surface area contributed by atoms with Gasteiger partial charge in [0.1, 0.15) is 5.75 Å². The Kier molecular flexibility index (Phi) is 6.83. The lowest BCUT2D eigenvalue weighted by molar-refractivity contribution is 0.0950. The lowest BCUT2D eigenvalue weighted by Gasteiger charge is -2.41. The molecule has 3 aliphatic rings. The molecule has 3 heterocycles. The molecular weight excluding hydrogens is 530 g/mol. The molecule has 3 aromatic rings. The molecule has 6 rings (SSSR count). The van der Waals surface area contributed by atoms with Crippen molar-refractivity contribution < 1.29 is 17.9 Å². The molecule has 1 N–H and O–H groups in total. The number of nitrogens with zero attached hydrogens (tertiary/aromatic N) is 2. The molecular formula is C30H33N3O4S2. The van der Waals surface area contributed by atoms with Crippen LogP contribution in [0.25, 0.3) is 0 Å². The Hall–Kier alpha value is -3.04. The van der Waals surface area contributed by atoms with Gasteiger partial charge in [-0.25, -0.2) is 8.42 Å². The van der Waals surface area contributed by atoms with E-state index in [0.717, 1.165) is 54.0 Å². The van der Waals surface area contributed by atoms with Crippen molar-refractivity contribution in [2.24, 2.45) is 5.92 Å². The molecule has 39 heavy (non-hydrogen) atoms. The number of nitrogens with one attached hydrogen (secondary N) is 1. The van der Waals surface area contributed by atoms with E-state index in [-0.39, 0.29) is 22.3 Å². The first kappa shape index (κ1) is 26.2. The van der Waals surface area contributed by atoms with Crippen LogP contribution in [0.15, 0.2) is 65.7 Å². The monoisotopic (exact) mass is 563 g/mol. The summed E-state index contributed by atoms with van der Waals surface area (Å²) in [6.45, 7) is 2.31. The molecule has 1 atom stereocenters. The summed E-state index contributed by atoms with van der Waals surface area (Å²) < 4.78 is 35.7. The number of thioether (sulfide) groups is 1. The van der Waals surface area contributed by atoms with Crippen molar-refractivity contribution in [3.8, 4) is 5.75 Å². The van der Waals surface area contributed by atoms with Crippen molar-refractivity contribution in [3.05, 3.63) is 83.2 Å². The van der Waals surface area contributed by atoms with E-state index in [2.05, 4.69) is 10.3 Å². The predicted octanol–water partition coefficient (Wildman–Crippen LogP) is 5.08. The van der Waals surface area contributed by atoms with Gasteiger partial charge in [-0.1, -0.05) is 12.1 Å². The smallest absolute Gasteiger partial charge is 0.264 e. The molecule has 0 radical (unpaired) electrons. The Balaban J connectivity index is 1.41. The molecule has 1 saturated carbocycles. The van der Waals surface area contributed by atoms with Crippen molar-refractivity contribution in [3.63, 3.8) is 0 Å². The van der Waals surface area contributed by atoms with Crippen molar-refractivity contribution in [1.82, 2.24) is 10.3 Å². The highest BCUT2D eigenvalue weighted by atomic mass is 32.2. The number of hydrogen-bond donors (Lipinski definition) is 1. The standard InChI is InChI=1S/C30H33N3O4S2/c1-20-5-4-14-31-26(20)19-32-29(34)22-10-11-27-25(17-22)30(12-15-38-16-13-30)28(21-8-9-21)33(27)39(35,36)24-7-3-6-23(18-24)37-2/h3-7,10-11,14,17-18,21,28H,8-9,12-13,15-16,19H2,1-2H3,(H,32,34). The van der Waals surface area contributed by atoms with Crippen LogP contribution < -0.4 is 14.4 Å². The summed E-state index contributed by atoms with van der Waals surface area (Å²) in [5.41, 5.74) is 3.80. The fourth-order valence-corrected chi connectivity index (χ4v) is 9.34. The number of aromatic nitrogens is 1. The van der Waals surface area contributed by atoms with Gasteiger partial charge in [0.25, 0.3) is 15.9 Å². The number of rotatable bonds is 7. The van der Waals surface area contributed by atoms with Crippen LogP contribution in [0.3, 0.4) is 0 Å². The second-order valence-electron chi connectivity index (χ2n) is 10.7. The summed E-state index contributed by atoms with van der Waals surface area (Å²) in [6, 6.07) is 16.0. The Morgan fingerprint density at radius 2 is 1.92 bits per heavy atom.